The molecule has 2 aromatic carbocycles. The van der Waals surface area contributed by atoms with E-state index in [2.05, 4.69) is 34.3 Å². The van der Waals surface area contributed by atoms with Crippen molar-refractivity contribution in [1.29, 1.82) is 0 Å². The third kappa shape index (κ3) is 2.45. The topological polar surface area (TPSA) is 37.8 Å². The molecule has 3 nitrogen and oxygen atoms in total. The molecule has 4 heteroatoms. The van der Waals surface area contributed by atoms with Crippen LogP contribution in [0.25, 0.3) is 10.9 Å². The molecule has 0 saturated heterocycles. The Balaban J connectivity index is 1.97. The van der Waals surface area contributed by atoms with Gasteiger partial charge in [-0.15, -0.1) is 0 Å². The highest BCUT2D eigenvalue weighted by Gasteiger charge is 2.10. The summed E-state index contributed by atoms with van der Waals surface area (Å²) in [7, 11) is 0. The van der Waals surface area contributed by atoms with Crippen LogP contribution in [0, 0.1) is 0 Å². The average molecular weight is 284 g/mol. The van der Waals surface area contributed by atoms with Crippen molar-refractivity contribution in [2.45, 2.75) is 13.0 Å². The van der Waals surface area contributed by atoms with E-state index in [4.69, 9.17) is 11.6 Å². The molecule has 0 fully saturated rings. The van der Waals surface area contributed by atoms with E-state index in [1.54, 1.807) is 0 Å². The van der Waals surface area contributed by atoms with Crippen molar-refractivity contribution in [3.63, 3.8) is 0 Å². The Kier molecular flexibility index (Phi) is 3.52. The normalized spacial score (nSPS) is 12.3. The molecule has 1 atom stereocenters. The predicted molar refractivity (Wildman–Crippen MR) is 83.0 cm³/mol. The Morgan fingerprint density at radius 3 is 2.60 bits per heavy atom. The number of aromatic nitrogens is 2. The van der Waals surface area contributed by atoms with Gasteiger partial charge in [-0.05, 0) is 24.6 Å². The largest absolute Gasteiger partial charge is 0.363 e. The summed E-state index contributed by atoms with van der Waals surface area (Å²) >= 11 is 6.16. The molecule has 20 heavy (non-hydrogen) atoms. The Morgan fingerprint density at radius 2 is 1.80 bits per heavy atom. The van der Waals surface area contributed by atoms with Crippen molar-refractivity contribution in [2.75, 3.05) is 5.32 Å². The molecular weight excluding hydrogens is 270 g/mol. The first kappa shape index (κ1) is 12.9. The first-order chi connectivity index (χ1) is 9.75. The van der Waals surface area contributed by atoms with E-state index in [-0.39, 0.29) is 6.04 Å². The SMILES string of the molecule is CC(Nc1ncnc2c(Cl)cccc12)c1ccccc1. The van der Waals surface area contributed by atoms with Gasteiger partial charge >= 0.3 is 0 Å². The van der Waals surface area contributed by atoms with Crippen LogP contribution < -0.4 is 5.32 Å². The fraction of sp³-hybridized carbons (Fsp3) is 0.125. The summed E-state index contributed by atoms with van der Waals surface area (Å²) in [6, 6.07) is 16.1. The van der Waals surface area contributed by atoms with E-state index in [1.807, 2.05) is 36.4 Å². The smallest absolute Gasteiger partial charge is 0.137 e. The highest BCUT2D eigenvalue weighted by molar-refractivity contribution is 6.35. The Bertz CT molecular complexity index is 728. The quantitative estimate of drug-likeness (QED) is 0.771. The van der Waals surface area contributed by atoms with Gasteiger partial charge in [0, 0.05) is 11.4 Å². The zero-order valence-electron chi connectivity index (χ0n) is 11.0. The van der Waals surface area contributed by atoms with Crippen LogP contribution >= 0.6 is 11.6 Å². The number of hydrogen-bond acceptors (Lipinski definition) is 3. The van der Waals surface area contributed by atoms with Gasteiger partial charge in [0.15, 0.2) is 0 Å². The summed E-state index contributed by atoms with van der Waals surface area (Å²) in [4.78, 5) is 8.57. The molecule has 0 aliphatic heterocycles. The highest BCUT2D eigenvalue weighted by Crippen LogP contribution is 2.27. The molecule has 1 unspecified atom stereocenters. The zero-order chi connectivity index (χ0) is 13.9. The number of nitrogens with zero attached hydrogens (tertiary/aromatic N) is 2. The molecule has 0 spiro atoms. The second kappa shape index (κ2) is 5.47. The van der Waals surface area contributed by atoms with E-state index in [1.165, 1.54) is 11.9 Å². The fourth-order valence-electron chi connectivity index (χ4n) is 2.20. The van der Waals surface area contributed by atoms with Gasteiger partial charge in [-0.1, -0.05) is 48.0 Å². The van der Waals surface area contributed by atoms with Gasteiger partial charge < -0.3 is 5.32 Å². The van der Waals surface area contributed by atoms with Crippen LogP contribution in [0.15, 0.2) is 54.9 Å². The number of halogens is 1. The maximum atomic E-state index is 6.16. The summed E-state index contributed by atoms with van der Waals surface area (Å²) < 4.78 is 0. The minimum Gasteiger partial charge on any atom is -0.363 e. The summed E-state index contributed by atoms with van der Waals surface area (Å²) in [6.07, 6.45) is 1.54. The highest BCUT2D eigenvalue weighted by atomic mass is 35.5. The molecule has 0 saturated carbocycles. The lowest BCUT2D eigenvalue weighted by Gasteiger charge is -2.16. The number of para-hydroxylation sites is 1. The van der Waals surface area contributed by atoms with E-state index < -0.39 is 0 Å². The van der Waals surface area contributed by atoms with Crippen molar-refractivity contribution in [3.8, 4) is 0 Å². The number of anilines is 1. The van der Waals surface area contributed by atoms with Crippen LogP contribution in [0.1, 0.15) is 18.5 Å². The van der Waals surface area contributed by atoms with Crippen LogP contribution in [0.5, 0.6) is 0 Å². The van der Waals surface area contributed by atoms with E-state index in [9.17, 15) is 0 Å². The van der Waals surface area contributed by atoms with Gasteiger partial charge in [0.05, 0.1) is 10.5 Å². The molecule has 0 aliphatic carbocycles. The van der Waals surface area contributed by atoms with Crippen LogP contribution in [0.3, 0.4) is 0 Å². The molecule has 3 rings (SSSR count). The van der Waals surface area contributed by atoms with Gasteiger partial charge in [-0.25, -0.2) is 9.97 Å². The van der Waals surface area contributed by atoms with Crippen LogP contribution in [0.2, 0.25) is 5.02 Å². The zero-order valence-corrected chi connectivity index (χ0v) is 11.8. The van der Waals surface area contributed by atoms with E-state index in [0.29, 0.717) is 5.02 Å². The van der Waals surface area contributed by atoms with Gasteiger partial charge in [-0.3, -0.25) is 0 Å². The summed E-state index contributed by atoms with van der Waals surface area (Å²) in [5, 5.41) is 4.99. The van der Waals surface area contributed by atoms with Crippen molar-refractivity contribution >= 4 is 28.3 Å². The first-order valence-electron chi connectivity index (χ1n) is 6.46. The molecule has 3 aromatic rings. The minimum absolute atomic E-state index is 0.160. The maximum Gasteiger partial charge on any atom is 0.137 e. The predicted octanol–water partition coefficient (Wildman–Crippen LogP) is 4.46. The maximum absolute atomic E-state index is 6.16. The average Bonchev–Trinajstić information content (AvgIpc) is 2.49. The van der Waals surface area contributed by atoms with Crippen molar-refractivity contribution in [1.82, 2.24) is 9.97 Å². The second-order valence-corrected chi connectivity index (χ2v) is 5.04. The Hall–Kier alpha value is -2.13. The van der Waals surface area contributed by atoms with Crippen molar-refractivity contribution in [3.05, 3.63) is 65.4 Å². The van der Waals surface area contributed by atoms with Gasteiger partial charge in [-0.2, -0.15) is 0 Å². The monoisotopic (exact) mass is 283 g/mol. The summed E-state index contributed by atoms with van der Waals surface area (Å²) in [5.41, 5.74) is 1.98. The lowest BCUT2D eigenvalue weighted by molar-refractivity contribution is 0.876. The standard InChI is InChI=1S/C16H14ClN3/c1-11(12-6-3-2-4-7-12)20-16-13-8-5-9-14(17)15(13)18-10-19-16/h2-11H,1H3,(H,18,19,20). The van der Waals surface area contributed by atoms with Crippen LogP contribution in [-0.2, 0) is 0 Å². The molecule has 1 heterocycles. The minimum atomic E-state index is 0.160. The summed E-state index contributed by atoms with van der Waals surface area (Å²) in [6.45, 7) is 2.10. The van der Waals surface area contributed by atoms with Crippen molar-refractivity contribution in [2.24, 2.45) is 0 Å². The number of benzene rings is 2. The number of fused-ring (bicyclic) bond motifs is 1. The van der Waals surface area contributed by atoms with E-state index >= 15 is 0 Å². The Labute approximate surface area is 122 Å². The molecule has 100 valence electrons. The molecular formula is C16H14ClN3. The number of rotatable bonds is 3. The first-order valence-corrected chi connectivity index (χ1v) is 6.84. The van der Waals surface area contributed by atoms with Gasteiger partial charge in [0.1, 0.15) is 12.1 Å². The summed E-state index contributed by atoms with van der Waals surface area (Å²) in [5.74, 6) is 0.800. The molecule has 1 N–H and O–H groups in total. The molecule has 0 amide bonds. The fourth-order valence-corrected chi connectivity index (χ4v) is 2.42. The van der Waals surface area contributed by atoms with E-state index in [0.717, 1.165) is 16.7 Å². The third-order valence-electron chi connectivity index (χ3n) is 3.27. The van der Waals surface area contributed by atoms with Gasteiger partial charge in [0.25, 0.3) is 0 Å². The molecule has 0 aliphatic rings. The lowest BCUT2D eigenvalue weighted by atomic mass is 10.1. The van der Waals surface area contributed by atoms with Gasteiger partial charge in [0.2, 0.25) is 0 Å². The lowest BCUT2D eigenvalue weighted by Crippen LogP contribution is -2.08. The Morgan fingerprint density at radius 1 is 1.00 bits per heavy atom. The number of hydrogen-bond donors (Lipinski definition) is 1. The third-order valence-corrected chi connectivity index (χ3v) is 3.57. The van der Waals surface area contributed by atoms with Crippen molar-refractivity contribution < 1.29 is 0 Å². The molecule has 0 bridgehead atoms. The van der Waals surface area contributed by atoms with Crippen LogP contribution in [0.4, 0.5) is 5.82 Å². The molecule has 1 aromatic heterocycles. The molecule has 0 radical (unpaired) electrons. The van der Waals surface area contributed by atoms with Crippen LogP contribution in [-0.4, -0.2) is 9.97 Å². The second-order valence-electron chi connectivity index (χ2n) is 4.63. The number of nitrogens with one attached hydrogen (secondary N) is 1.